The van der Waals surface area contributed by atoms with Gasteiger partial charge in [0.2, 0.25) is 0 Å². The molecule has 0 saturated carbocycles. The SMILES string of the molecule is CC1=C(C#N)C(=S)CC(c2nccs2)=C1. The van der Waals surface area contributed by atoms with Crippen LogP contribution in [0, 0.1) is 11.3 Å². The van der Waals surface area contributed by atoms with Gasteiger partial charge in [-0.3, -0.25) is 0 Å². The highest BCUT2D eigenvalue weighted by Gasteiger charge is 2.17. The third kappa shape index (κ3) is 1.89. The zero-order valence-electron chi connectivity index (χ0n) is 8.15. The van der Waals surface area contributed by atoms with Gasteiger partial charge in [-0.25, -0.2) is 4.98 Å². The summed E-state index contributed by atoms with van der Waals surface area (Å²) >= 11 is 6.81. The smallest absolute Gasteiger partial charge is 0.119 e. The Bertz CT molecular complexity index is 501. The third-order valence-electron chi connectivity index (χ3n) is 2.23. The first kappa shape index (κ1) is 10.2. The average Bonchev–Trinajstić information content (AvgIpc) is 2.69. The second-order valence-electron chi connectivity index (χ2n) is 3.28. The summed E-state index contributed by atoms with van der Waals surface area (Å²) in [4.78, 5) is 4.97. The molecule has 1 aliphatic carbocycles. The third-order valence-corrected chi connectivity index (χ3v) is 3.43. The van der Waals surface area contributed by atoms with Crippen molar-refractivity contribution in [1.82, 2.24) is 4.98 Å². The molecule has 2 nitrogen and oxygen atoms in total. The number of nitrogens with zero attached hydrogens (tertiary/aromatic N) is 2. The second kappa shape index (κ2) is 4.05. The molecule has 0 aromatic carbocycles. The minimum absolute atomic E-state index is 0.644. The van der Waals surface area contributed by atoms with Gasteiger partial charge in [-0.05, 0) is 18.1 Å². The minimum Gasteiger partial charge on any atom is -0.245 e. The topological polar surface area (TPSA) is 36.7 Å². The fourth-order valence-corrected chi connectivity index (χ4v) is 2.55. The second-order valence-corrected chi connectivity index (χ2v) is 4.66. The van der Waals surface area contributed by atoms with Gasteiger partial charge in [0.05, 0.1) is 5.57 Å². The Morgan fingerprint density at radius 3 is 2.93 bits per heavy atom. The Hall–Kier alpha value is -1.31. The van der Waals surface area contributed by atoms with Crippen molar-refractivity contribution < 1.29 is 0 Å². The van der Waals surface area contributed by atoms with E-state index in [9.17, 15) is 0 Å². The van der Waals surface area contributed by atoms with Gasteiger partial charge in [-0.15, -0.1) is 11.3 Å². The summed E-state index contributed by atoms with van der Waals surface area (Å²) in [6.07, 6.45) is 4.44. The fraction of sp³-hybridized carbons (Fsp3) is 0.182. The van der Waals surface area contributed by atoms with E-state index in [2.05, 4.69) is 11.1 Å². The van der Waals surface area contributed by atoms with Crippen LogP contribution in [0.15, 0.2) is 28.8 Å². The first-order chi connectivity index (χ1) is 7.22. The average molecular weight is 232 g/mol. The number of allylic oxidation sites excluding steroid dienone is 4. The maximum atomic E-state index is 8.91. The van der Waals surface area contributed by atoms with Crippen LogP contribution in [0.5, 0.6) is 0 Å². The first-order valence-corrected chi connectivity index (χ1v) is 5.76. The lowest BCUT2D eigenvalue weighted by atomic mass is 9.94. The van der Waals surface area contributed by atoms with Crippen LogP contribution in [0.3, 0.4) is 0 Å². The maximum Gasteiger partial charge on any atom is 0.119 e. The number of aromatic nitrogens is 1. The molecule has 1 aromatic heterocycles. The van der Waals surface area contributed by atoms with E-state index >= 15 is 0 Å². The summed E-state index contributed by atoms with van der Waals surface area (Å²) in [6.45, 7) is 1.91. The van der Waals surface area contributed by atoms with Crippen LogP contribution in [0.25, 0.3) is 5.57 Å². The van der Waals surface area contributed by atoms with E-state index in [1.165, 1.54) is 0 Å². The molecule has 0 aliphatic heterocycles. The first-order valence-electron chi connectivity index (χ1n) is 4.47. The van der Waals surface area contributed by atoms with Gasteiger partial charge in [0.25, 0.3) is 0 Å². The standard InChI is InChI=1S/C11H8N2S2/c1-7-4-8(11-13-2-3-15-11)5-10(14)9(7)6-12/h2-4H,5H2,1H3. The maximum absolute atomic E-state index is 8.91. The molecule has 1 heterocycles. The van der Waals surface area contributed by atoms with E-state index in [-0.39, 0.29) is 0 Å². The normalized spacial score (nSPS) is 16.3. The summed E-state index contributed by atoms with van der Waals surface area (Å²) < 4.78 is 0. The van der Waals surface area contributed by atoms with Gasteiger partial charge < -0.3 is 0 Å². The number of hydrogen-bond acceptors (Lipinski definition) is 4. The number of hydrogen-bond donors (Lipinski definition) is 0. The number of nitriles is 1. The fourth-order valence-electron chi connectivity index (χ4n) is 1.54. The molecule has 0 fully saturated rings. The van der Waals surface area contributed by atoms with Crippen LogP contribution in [-0.4, -0.2) is 9.85 Å². The number of rotatable bonds is 1. The number of thiocarbonyl (C=S) groups is 1. The van der Waals surface area contributed by atoms with E-state index in [1.54, 1.807) is 17.5 Å². The van der Waals surface area contributed by atoms with Crippen LogP contribution in [-0.2, 0) is 0 Å². The quantitative estimate of drug-likeness (QED) is 0.698. The molecule has 0 radical (unpaired) electrons. The van der Waals surface area contributed by atoms with Crippen LogP contribution in [0.4, 0.5) is 0 Å². The molecule has 0 spiro atoms. The van der Waals surface area contributed by atoms with Crippen molar-refractivity contribution in [2.75, 3.05) is 0 Å². The molecular formula is C11H8N2S2. The van der Waals surface area contributed by atoms with Crippen molar-refractivity contribution in [1.29, 1.82) is 5.26 Å². The Morgan fingerprint density at radius 2 is 2.40 bits per heavy atom. The molecule has 0 N–H and O–H groups in total. The molecule has 1 aliphatic rings. The van der Waals surface area contributed by atoms with E-state index in [1.807, 2.05) is 18.4 Å². The van der Waals surface area contributed by atoms with Gasteiger partial charge >= 0.3 is 0 Å². The molecule has 2 rings (SSSR count). The van der Waals surface area contributed by atoms with E-state index in [4.69, 9.17) is 17.5 Å². The Kier molecular flexibility index (Phi) is 2.76. The van der Waals surface area contributed by atoms with Crippen molar-refractivity contribution in [2.24, 2.45) is 0 Å². The van der Waals surface area contributed by atoms with Gasteiger partial charge in [-0.1, -0.05) is 18.3 Å². The summed E-state index contributed by atoms with van der Waals surface area (Å²) in [5, 5.41) is 11.8. The van der Waals surface area contributed by atoms with Crippen molar-refractivity contribution in [2.45, 2.75) is 13.3 Å². The van der Waals surface area contributed by atoms with Crippen molar-refractivity contribution in [3.8, 4) is 6.07 Å². The van der Waals surface area contributed by atoms with E-state index in [0.29, 0.717) is 12.0 Å². The zero-order chi connectivity index (χ0) is 10.8. The molecule has 0 saturated heterocycles. The lowest BCUT2D eigenvalue weighted by Gasteiger charge is -2.13. The predicted octanol–water partition coefficient (Wildman–Crippen LogP) is 3.14. The summed E-state index contributed by atoms with van der Waals surface area (Å²) in [7, 11) is 0. The Labute approximate surface area is 97.6 Å². The molecule has 0 unspecified atom stereocenters. The Morgan fingerprint density at radius 1 is 1.60 bits per heavy atom. The molecule has 4 heteroatoms. The molecule has 0 atom stereocenters. The molecule has 74 valence electrons. The van der Waals surface area contributed by atoms with Crippen molar-refractivity contribution in [3.63, 3.8) is 0 Å². The van der Waals surface area contributed by atoms with Gasteiger partial charge in [0.1, 0.15) is 11.1 Å². The van der Waals surface area contributed by atoms with Crippen LogP contribution >= 0.6 is 23.6 Å². The van der Waals surface area contributed by atoms with Gasteiger partial charge in [0, 0.05) is 22.9 Å². The highest BCUT2D eigenvalue weighted by molar-refractivity contribution is 7.81. The van der Waals surface area contributed by atoms with Crippen LogP contribution in [0.1, 0.15) is 18.4 Å². The van der Waals surface area contributed by atoms with Crippen LogP contribution in [0.2, 0.25) is 0 Å². The lowest BCUT2D eigenvalue weighted by molar-refractivity contribution is 1.30. The zero-order valence-corrected chi connectivity index (χ0v) is 9.78. The summed E-state index contributed by atoms with van der Waals surface area (Å²) in [5.41, 5.74) is 2.70. The summed E-state index contributed by atoms with van der Waals surface area (Å²) in [6, 6.07) is 2.15. The molecule has 0 amide bonds. The largest absolute Gasteiger partial charge is 0.245 e. The minimum atomic E-state index is 0.644. The molecule has 0 bridgehead atoms. The van der Waals surface area contributed by atoms with Crippen molar-refractivity contribution >= 4 is 34.0 Å². The van der Waals surface area contributed by atoms with Gasteiger partial charge in [-0.2, -0.15) is 5.26 Å². The van der Waals surface area contributed by atoms with Crippen LogP contribution < -0.4 is 0 Å². The highest BCUT2D eigenvalue weighted by atomic mass is 32.1. The predicted molar refractivity (Wildman–Crippen MR) is 65.6 cm³/mol. The van der Waals surface area contributed by atoms with Gasteiger partial charge in [0.15, 0.2) is 0 Å². The monoisotopic (exact) mass is 232 g/mol. The Balaban J connectivity index is 2.45. The number of thiazole rings is 1. The van der Waals surface area contributed by atoms with E-state index in [0.717, 1.165) is 21.0 Å². The molecular weight excluding hydrogens is 224 g/mol. The van der Waals surface area contributed by atoms with E-state index < -0.39 is 0 Å². The highest BCUT2D eigenvalue weighted by Crippen LogP contribution is 2.29. The van der Waals surface area contributed by atoms with Crippen molar-refractivity contribution in [3.05, 3.63) is 33.8 Å². The molecule has 15 heavy (non-hydrogen) atoms. The lowest BCUT2D eigenvalue weighted by Crippen LogP contribution is -2.06. The molecule has 1 aromatic rings. The summed E-state index contributed by atoms with van der Waals surface area (Å²) in [5.74, 6) is 0.